The Labute approximate surface area is 157 Å². The molecule has 1 fully saturated rings. The highest BCUT2D eigenvalue weighted by atomic mass is 32.2. The predicted molar refractivity (Wildman–Crippen MR) is 102 cm³/mol. The van der Waals surface area contributed by atoms with Crippen molar-refractivity contribution >= 4 is 15.7 Å². The minimum absolute atomic E-state index is 0.0115. The van der Waals surface area contributed by atoms with Crippen LogP contribution in [-0.2, 0) is 27.7 Å². The first-order valence-corrected chi connectivity index (χ1v) is 11.2. The van der Waals surface area contributed by atoms with Gasteiger partial charge in [-0.3, -0.25) is 9.69 Å². The van der Waals surface area contributed by atoms with Crippen molar-refractivity contribution in [3.63, 3.8) is 0 Å². The van der Waals surface area contributed by atoms with Crippen LogP contribution in [0, 0.1) is 5.92 Å². The van der Waals surface area contributed by atoms with Gasteiger partial charge >= 0.3 is 0 Å². The van der Waals surface area contributed by atoms with Crippen LogP contribution in [0.3, 0.4) is 0 Å². The van der Waals surface area contributed by atoms with E-state index < -0.39 is 9.84 Å². The fraction of sp³-hybridized carbons (Fsp3) is 0.778. The molecule has 148 valence electrons. The number of piperazine rings is 1. The molecule has 0 spiro atoms. The average molecular weight is 385 g/mol. The second-order valence-electron chi connectivity index (χ2n) is 7.45. The van der Waals surface area contributed by atoms with Crippen LogP contribution < -0.4 is 5.32 Å². The first-order valence-electron chi connectivity index (χ1n) is 9.59. The van der Waals surface area contributed by atoms with Gasteiger partial charge in [-0.2, -0.15) is 0 Å². The summed E-state index contributed by atoms with van der Waals surface area (Å²) in [5, 5.41) is 3.00. The summed E-state index contributed by atoms with van der Waals surface area (Å²) in [6.07, 6.45) is 5.10. The topological polar surface area (TPSA) is 84.3 Å². The van der Waals surface area contributed by atoms with E-state index in [1.54, 1.807) is 6.20 Å². The van der Waals surface area contributed by atoms with Gasteiger partial charge in [0.2, 0.25) is 20.9 Å². The fourth-order valence-corrected chi connectivity index (χ4v) is 4.64. The van der Waals surface area contributed by atoms with Gasteiger partial charge in [-0.15, -0.1) is 0 Å². The number of carbonyl (C=O) groups is 1. The van der Waals surface area contributed by atoms with Crippen molar-refractivity contribution < 1.29 is 13.2 Å². The molecular weight excluding hydrogens is 352 g/mol. The lowest BCUT2D eigenvalue weighted by molar-refractivity contribution is -0.124. The zero-order valence-electron chi connectivity index (χ0n) is 16.2. The summed E-state index contributed by atoms with van der Waals surface area (Å²) in [5.74, 6) is 0.642. The van der Waals surface area contributed by atoms with E-state index in [0.717, 1.165) is 31.5 Å². The maximum Gasteiger partial charge on any atom is 0.234 e. The van der Waals surface area contributed by atoms with Crippen molar-refractivity contribution in [2.75, 3.05) is 25.4 Å². The number of hydrogen-bond donors (Lipinski definition) is 1. The molecule has 1 aromatic heterocycles. The van der Waals surface area contributed by atoms with Gasteiger partial charge in [0.05, 0.1) is 24.2 Å². The van der Waals surface area contributed by atoms with Crippen molar-refractivity contribution in [2.45, 2.75) is 64.7 Å². The van der Waals surface area contributed by atoms with Crippen molar-refractivity contribution in [2.24, 2.45) is 5.92 Å². The number of aromatic nitrogens is 2. The van der Waals surface area contributed by atoms with E-state index in [4.69, 9.17) is 0 Å². The summed E-state index contributed by atoms with van der Waals surface area (Å²) >= 11 is 0. The largest absolute Gasteiger partial charge is 0.354 e. The van der Waals surface area contributed by atoms with Gasteiger partial charge in [-0.05, 0) is 25.2 Å². The summed E-state index contributed by atoms with van der Waals surface area (Å²) in [5.41, 5.74) is 0.871. The Morgan fingerprint density at radius 3 is 2.73 bits per heavy atom. The molecule has 1 saturated heterocycles. The van der Waals surface area contributed by atoms with Crippen molar-refractivity contribution in [3.8, 4) is 0 Å². The van der Waals surface area contributed by atoms with Crippen LogP contribution in [0.25, 0.3) is 0 Å². The second kappa shape index (κ2) is 9.50. The molecular formula is C18H32N4O3S. The molecule has 0 unspecified atom stereocenters. The molecule has 1 N–H and O–H groups in total. The highest BCUT2D eigenvalue weighted by Crippen LogP contribution is 2.18. The number of carbonyl (C=O) groups excluding carboxylic acids is 1. The lowest BCUT2D eigenvalue weighted by Crippen LogP contribution is -2.47. The molecule has 1 aliphatic rings. The Bertz CT molecular complexity index is 697. The SMILES string of the molecule is CCCCn1c(CN2CCNC(=O)C2)cnc1S(=O)(=O)CCCC(C)C. The fourth-order valence-electron chi connectivity index (χ4n) is 3.15. The number of nitrogens with zero attached hydrogens (tertiary/aromatic N) is 3. The van der Waals surface area contributed by atoms with Crippen molar-refractivity contribution in [3.05, 3.63) is 11.9 Å². The highest BCUT2D eigenvalue weighted by molar-refractivity contribution is 7.91. The third-order valence-electron chi connectivity index (χ3n) is 4.61. The Morgan fingerprint density at radius 1 is 1.31 bits per heavy atom. The molecule has 0 atom stereocenters. The average Bonchev–Trinajstić information content (AvgIpc) is 2.96. The molecule has 0 aromatic carbocycles. The van der Waals surface area contributed by atoms with E-state index in [1.807, 2.05) is 9.47 Å². The summed E-state index contributed by atoms with van der Waals surface area (Å²) in [7, 11) is -3.39. The summed E-state index contributed by atoms with van der Waals surface area (Å²) < 4.78 is 27.4. The second-order valence-corrected chi connectivity index (χ2v) is 9.46. The lowest BCUT2D eigenvalue weighted by Gasteiger charge is -2.26. The molecule has 2 rings (SSSR count). The normalized spacial score (nSPS) is 16.2. The van der Waals surface area contributed by atoms with Crippen LogP contribution in [0.15, 0.2) is 11.4 Å². The molecule has 8 heteroatoms. The molecule has 0 radical (unpaired) electrons. The maximum absolute atomic E-state index is 12.8. The Hall–Kier alpha value is -1.41. The summed E-state index contributed by atoms with van der Waals surface area (Å²) in [6, 6.07) is 0. The molecule has 1 aliphatic heterocycles. The van der Waals surface area contributed by atoms with Gasteiger partial charge in [0.1, 0.15) is 0 Å². The number of imidazole rings is 1. The molecule has 0 bridgehead atoms. The van der Waals surface area contributed by atoms with E-state index in [2.05, 4.69) is 31.1 Å². The third kappa shape index (κ3) is 5.81. The van der Waals surface area contributed by atoms with E-state index in [-0.39, 0.29) is 16.8 Å². The molecule has 0 saturated carbocycles. The number of unbranched alkanes of at least 4 members (excludes halogenated alkanes) is 1. The molecule has 1 amide bonds. The van der Waals surface area contributed by atoms with Crippen LogP contribution >= 0.6 is 0 Å². The van der Waals surface area contributed by atoms with Gasteiger partial charge < -0.3 is 9.88 Å². The first kappa shape index (κ1) is 20.9. The van der Waals surface area contributed by atoms with Gasteiger partial charge in [-0.25, -0.2) is 13.4 Å². The predicted octanol–water partition coefficient (Wildman–Crippen LogP) is 1.82. The monoisotopic (exact) mass is 384 g/mol. The smallest absolute Gasteiger partial charge is 0.234 e. The zero-order chi connectivity index (χ0) is 19.2. The third-order valence-corrected chi connectivity index (χ3v) is 6.32. The minimum atomic E-state index is -3.39. The van der Waals surface area contributed by atoms with Crippen LogP contribution in [-0.4, -0.2) is 54.2 Å². The number of sulfone groups is 1. The number of amides is 1. The first-order chi connectivity index (χ1) is 12.3. The minimum Gasteiger partial charge on any atom is -0.354 e. The van der Waals surface area contributed by atoms with Gasteiger partial charge in [-0.1, -0.05) is 27.2 Å². The zero-order valence-corrected chi connectivity index (χ0v) is 17.0. The standard InChI is InChI=1S/C18H32N4O3S/c1-4-5-9-22-16(13-21-10-8-19-17(23)14-21)12-20-18(22)26(24,25)11-6-7-15(2)3/h12,15H,4-11,13-14H2,1-3H3,(H,19,23). The Morgan fingerprint density at radius 2 is 2.08 bits per heavy atom. The maximum atomic E-state index is 12.8. The van der Waals surface area contributed by atoms with Crippen LogP contribution in [0.4, 0.5) is 0 Å². The molecule has 1 aromatic rings. The van der Waals surface area contributed by atoms with E-state index in [0.29, 0.717) is 38.5 Å². The van der Waals surface area contributed by atoms with Gasteiger partial charge in [0.25, 0.3) is 0 Å². The van der Waals surface area contributed by atoms with Crippen molar-refractivity contribution in [1.29, 1.82) is 0 Å². The lowest BCUT2D eigenvalue weighted by atomic mass is 10.1. The molecule has 0 aliphatic carbocycles. The van der Waals surface area contributed by atoms with E-state index >= 15 is 0 Å². The van der Waals surface area contributed by atoms with Crippen molar-refractivity contribution in [1.82, 2.24) is 19.8 Å². The van der Waals surface area contributed by atoms with Crippen LogP contribution in [0.5, 0.6) is 0 Å². The van der Waals surface area contributed by atoms with Gasteiger partial charge in [0.15, 0.2) is 0 Å². The van der Waals surface area contributed by atoms with E-state index in [9.17, 15) is 13.2 Å². The van der Waals surface area contributed by atoms with Crippen LogP contribution in [0.2, 0.25) is 0 Å². The number of nitrogens with one attached hydrogen (secondary N) is 1. The molecule has 26 heavy (non-hydrogen) atoms. The summed E-state index contributed by atoms with van der Waals surface area (Å²) in [4.78, 5) is 17.9. The van der Waals surface area contributed by atoms with E-state index in [1.165, 1.54) is 0 Å². The summed E-state index contributed by atoms with van der Waals surface area (Å²) in [6.45, 7) is 9.21. The number of rotatable bonds is 10. The van der Waals surface area contributed by atoms with Crippen LogP contribution in [0.1, 0.15) is 52.1 Å². The Kier molecular flexibility index (Phi) is 7.64. The van der Waals surface area contributed by atoms with Gasteiger partial charge in [0, 0.05) is 26.2 Å². The highest BCUT2D eigenvalue weighted by Gasteiger charge is 2.25. The Balaban J connectivity index is 2.17. The molecule has 2 heterocycles. The number of hydrogen-bond acceptors (Lipinski definition) is 5. The quantitative estimate of drug-likeness (QED) is 0.665. The molecule has 7 nitrogen and oxygen atoms in total.